The third-order valence-corrected chi connectivity index (χ3v) is 2.94. The van der Waals surface area contributed by atoms with E-state index in [2.05, 4.69) is 19.1 Å². The van der Waals surface area contributed by atoms with Crippen molar-refractivity contribution in [2.45, 2.75) is 12.7 Å². The molecule has 0 heterocycles. The van der Waals surface area contributed by atoms with Crippen molar-refractivity contribution in [3.63, 3.8) is 0 Å². The Kier molecular flexibility index (Phi) is 4.98. The highest BCUT2D eigenvalue weighted by atomic mass is 32.2. The van der Waals surface area contributed by atoms with E-state index >= 15 is 0 Å². The summed E-state index contributed by atoms with van der Waals surface area (Å²) in [5.41, 5.74) is 2.60. The molecule has 0 aliphatic rings. The molecular weight excluding hydrogens is 208 g/mol. The predicted octanol–water partition coefficient (Wildman–Crippen LogP) is 2.87. The molecule has 0 unspecified atom stereocenters. The van der Waals surface area contributed by atoms with Crippen LogP contribution in [0.5, 0.6) is 0 Å². The predicted molar refractivity (Wildman–Crippen MR) is 64.1 cm³/mol. The second-order valence-corrected chi connectivity index (χ2v) is 4.21. The molecule has 80 valence electrons. The summed E-state index contributed by atoms with van der Waals surface area (Å²) in [6.07, 6.45) is 2.86. The Morgan fingerprint density at radius 3 is 2.87 bits per heavy atom. The topological polar surface area (TPSA) is 37.3 Å². The lowest BCUT2D eigenvalue weighted by molar-refractivity contribution is -0.131. The van der Waals surface area contributed by atoms with Crippen LogP contribution in [0.15, 0.2) is 36.4 Å². The maximum atomic E-state index is 10.2. The van der Waals surface area contributed by atoms with E-state index in [4.69, 9.17) is 5.11 Å². The average molecular weight is 222 g/mol. The van der Waals surface area contributed by atoms with Crippen LogP contribution in [0.4, 0.5) is 0 Å². The van der Waals surface area contributed by atoms with Crippen molar-refractivity contribution in [1.82, 2.24) is 0 Å². The van der Waals surface area contributed by atoms with E-state index in [0.29, 0.717) is 0 Å². The SMILES string of the molecule is Cc1ccccc1CSC/C=C/C(=O)O. The molecule has 3 heteroatoms. The van der Waals surface area contributed by atoms with Gasteiger partial charge in [-0.05, 0) is 18.1 Å². The van der Waals surface area contributed by atoms with Gasteiger partial charge >= 0.3 is 5.97 Å². The molecule has 0 aromatic heterocycles. The van der Waals surface area contributed by atoms with Gasteiger partial charge in [0.05, 0.1) is 0 Å². The zero-order chi connectivity index (χ0) is 11.1. The van der Waals surface area contributed by atoms with Crippen LogP contribution in [-0.2, 0) is 10.5 Å². The van der Waals surface area contributed by atoms with Crippen LogP contribution in [0, 0.1) is 6.92 Å². The van der Waals surface area contributed by atoms with Crippen LogP contribution in [0.3, 0.4) is 0 Å². The molecule has 0 fully saturated rings. The molecular formula is C12H14O2S. The molecule has 0 atom stereocenters. The maximum absolute atomic E-state index is 10.2. The van der Waals surface area contributed by atoms with Crippen LogP contribution in [0.2, 0.25) is 0 Å². The van der Waals surface area contributed by atoms with Crippen molar-refractivity contribution >= 4 is 17.7 Å². The Labute approximate surface area is 94.0 Å². The Morgan fingerprint density at radius 2 is 2.20 bits per heavy atom. The number of aryl methyl sites for hydroxylation is 1. The van der Waals surface area contributed by atoms with Crippen molar-refractivity contribution in [3.8, 4) is 0 Å². The number of carbonyl (C=O) groups is 1. The van der Waals surface area contributed by atoms with Gasteiger partial charge in [-0.3, -0.25) is 0 Å². The van der Waals surface area contributed by atoms with Gasteiger partial charge in [0, 0.05) is 17.6 Å². The number of benzene rings is 1. The number of aliphatic carboxylic acids is 1. The Balaban J connectivity index is 2.32. The fourth-order valence-electron chi connectivity index (χ4n) is 1.16. The third-order valence-electron chi connectivity index (χ3n) is 1.99. The molecule has 1 N–H and O–H groups in total. The number of hydrogen-bond donors (Lipinski definition) is 1. The number of carboxylic acid groups (broad SMARTS) is 1. The first-order chi connectivity index (χ1) is 7.20. The Morgan fingerprint density at radius 1 is 1.47 bits per heavy atom. The first kappa shape index (κ1) is 11.9. The zero-order valence-electron chi connectivity index (χ0n) is 8.64. The second-order valence-electron chi connectivity index (χ2n) is 3.18. The molecule has 2 nitrogen and oxygen atoms in total. The lowest BCUT2D eigenvalue weighted by Crippen LogP contribution is -1.88. The molecule has 0 radical (unpaired) electrons. The highest BCUT2D eigenvalue weighted by Gasteiger charge is 1.95. The van der Waals surface area contributed by atoms with E-state index in [9.17, 15) is 4.79 Å². The Hall–Kier alpha value is -1.22. The molecule has 0 aliphatic carbocycles. The van der Waals surface area contributed by atoms with E-state index in [0.717, 1.165) is 11.5 Å². The van der Waals surface area contributed by atoms with Gasteiger partial charge in [0.25, 0.3) is 0 Å². The van der Waals surface area contributed by atoms with Crippen molar-refractivity contribution in [2.75, 3.05) is 5.75 Å². The molecule has 0 saturated heterocycles. The van der Waals surface area contributed by atoms with Gasteiger partial charge in [-0.15, -0.1) is 0 Å². The smallest absolute Gasteiger partial charge is 0.328 e. The molecule has 0 saturated carbocycles. The third kappa shape index (κ3) is 4.70. The van der Waals surface area contributed by atoms with Crippen LogP contribution in [-0.4, -0.2) is 16.8 Å². The summed E-state index contributed by atoms with van der Waals surface area (Å²) in [6, 6.07) is 8.23. The van der Waals surface area contributed by atoms with E-state index in [-0.39, 0.29) is 0 Å². The quantitative estimate of drug-likeness (QED) is 0.615. The molecule has 1 aromatic carbocycles. The molecule has 1 aromatic rings. The Bertz CT molecular complexity index is 358. The standard InChI is InChI=1S/C12H14O2S/c1-10-5-2-3-6-11(10)9-15-8-4-7-12(13)14/h2-7H,8-9H2,1H3,(H,13,14)/b7-4+. The highest BCUT2D eigenvalue weighted by Crippen LogP contribution is 2.15. The minimum atomic E-state index is -0.883. The molecule has 0 aliphatic heterocycles. The minimum Gasteiger partial charge on any atom is -0.478 e. The number of thioether (sulfide) groups is 1. The number of hydrogen-bond acceptors (Lipinski definition) is 2. The highest BCUT2D eigenvalue weighted by molar-refractivity contribution is 7.98. The fraction of sp³-hybridized carbons (Fsp3) is 0.250. The average Bonchev–Trinajstić information content (AvgIpc) is 2.20. The van der Waals surface area contributed by atoms with Crippen molar-refractivity contribution in [2.24, 2.45) is 0 Å². The summed E-state index contributed by atoms with van der Waals surface area (Å²) < 4.78 is 0. The van der Waals surface area contributed by atoms with E-state index in [1.165, 1.54) is 17.2 Å². The van der Waals surface area contributed by atoms with Crippen LogP contribution >= 0.6 is 11.8 Å². The van der Waals surface area contributed by atoms with Gasteiger partial charge < -0.3 is 5.11 Å². The van der Waals surface area contributed by atoms with Gasteiger partial charge in [0.15, 0.2) is 0 Å². The summed E-state index contributed by atoms with van der Waals surface area (Å²) >= 11 is 1.71. The summed E-state index contributed by atoms with van der Waals surface area (Å²) in [4.78, 5) is 10.2. The van der Waals surface area contributed by atoms with Crippen molar-refractivity contribution < 1.29 is 9.90 Å². The van der Waals surface area contributed by atoms with Gasteiger partial charge in [0.1, 0.15) is 0 Å². The minimum absolute atomic E-state index is 0.737. The summed E-state index contributed by atoms with van der Waals surface area (Å²) in [7, 11) is 0. The van der Waals surface area contributed by atoms with Crippen molar-refractivity contribution in [3.05, 3.63) is 47.5 Å². The van der Waals surface area contributed by atoms with Crippen LogP contribution in [0.25, 0.3) is 0 Å². The van der Waals surface area contributed by atoms with Crippen LogP contribution in [0.1, 0.15) is 11.1 Å². The van der Waals surface area contributed by atoms with E-state index < -0.39 is 5.97 Å². The van der Waals surface area contributed by atoms with Crippen molar-refractivity contribution in [1.29, 1.82) is 0 Å². The molecule has 0 spiro atoms. The van der Waals surface area contributed by atoms with E-state index in [1.54, 1.807) is 17.8 Å². The summed E-state index contributed by atoms with van der Waals surface area (Å²) in [6.45, 7) is 2.09. The van der Waals surface area contributed by atoms with Gasteiger partial charge in [0.2, 0.25) is 0 Å². The zero-order valence-corrected chi connectivity index (χ0v) is 9.46. The number of carboxylic acids is 1. The van der Waals surface area contributed by atoms with Gasteiger partial charge in [-0.2, -0.15) is 11.8 Å². The molecule has 15 heavy (non-hydrogen) atoms. The lowest BCUT2D eigenvalue weighted by atomic mass is 10.1. The lowest BCUT2D eigenvalue weighted by Gasteiger charge is -2.03. The normalized spacial score (nSPS) is 10.7. The molecule has 0 bridgehead atoms. The monoisotopic (exact) mass is 222 g/mol. The summed E-state index contributed by atoms with van der Waals surface area (Å²) in [5, 5.41) is 8.38. The first-order valence-corrected chi connectivity index (χ1v) is 5.87. The first-order valence-electron chi connectivity index (χ1n) is 4.72. The fourth-order valence-corrected chi connectivity index (χ4v) is 2.05. The largest absolute Gasteiger partial charge is 0.478 e. The van der Waals surface area contributed by atoms with Gasteiger partial charge in [-0.25, -0.2) is 4.79 Å². The summed E-state index contributed by atoms with van der Waals surface area (Å²) in [5.74, 6) is 0.781. The number of rotatable bonds is 5. The van der Waals surface area contributed by atoms with E-state index in [1.807, 2.05) is 12.1 Å². The van der Waals surface area contributed by atoms with Gasteiger partial charge in [-0.1, -0.05) is 30.3 Å². The molecule has 1 rings (SSSR count). The maximum Gasteiger partial charge on any atom is 0.328 e. The molecule has 0 amide bonds. The van der Waals surface area contributed by atoms with Crippen LogP contribution < -0.4 is 0 Å². The second kappa shape index (κ2) is 6.30.